The minimum atomic E-state index is -0.131. The van der Waals surface area contributed by atoms with Crippen LogP contribution < -0.4 is 9.47 Å². The number of hydrogen-bond acceptors (Lipinski definition) is 4. The number of ether oxygens (including phenoxy) is 2. The van der Waals surface area contributed by atoms with Gasteiger partial charge in [-0.1, -0.05) is 42.5 Å². The van der Waals surface area contributed by atoms with E-state index in [4.69, 9.17) is 9.47 Å². The summed E-state index contributed by atoms with van der Waals surface area (Å²) < 4.78 is 14.3. The zero-order valence-corrected chi connectivity index (χ0v) is 19.9. The molecule has 0 atom stereocenters. The van der Waals surface area contributed by atoms with E-state index in [2.05, 4.69) is 20.8 Å². The summed E-state index contributed by atoms with van der Waals surface area (Å²) in [5, 5.41) is 0.836. The maximum absolute atomic E-state index is 13.9. The van der Waals surface area contributed by atoms with Crippen LogP contribution in [-0.2, 0) is 0 Å². The number of halogens is 1. The van der Waals surface area contributed by atoms with Crippen LogP contribution in [0.15, 0.2) is 77.3 Å². The number of likely N-dealkylation sites (N-methyl/N-ethyl adjacent to an activating group) is 1. The SMILES string of the molecule is COc1ccc2c(c1)c(OCCN(C)C)c(-c1ccccc1)n2C(=O)c1ccccc1Br. The molecule has 0 spiro atoms. The third-order valence-electron chi connectivity index (χ3n) is 5.27. The molecule has 0 unspecified atom stereocenters. The lowest BCUT2D eigenvalue weighted by molar-refractivity contribution is 0.0965. The second-order valence-corrected chi connectivity index (χ2v) is 8.55. The Kier molecular flexibility index (Phi) is 6.63. The summed E-state index contributed by atoms with van der Waals surface area (Å²) in [6.07, 6.45) is 0. The molecule has 0 N–H and O–H groups in total. The molecule has 4 aromatic rings. The van der Waals surface area contributed by atoms with Crippen LogP contribution in [-0.4, -0.2) is 49.7 Å². The molecule has 0 bridgehead atoms. The minimum Gasteiger partial charge on any atom is -0.497 e. The predicted octanol–water partition coefficient (Wildman–Crippen LogP) is 5.71. The molecule has 0 saturated heterocycles. The van der Waals surface area contributed by atoms with Gasteiger partial charge in [0.1, 0.15) is 12.4 Å². The van der Waals surface area contributed by atoms with Crippen LogP contribution >= 0.6 is 15.9 Å². The predicted molar refractivity (Wildman–Crippen MR) is 132 cm³/mol. The van der Waals surface area contributed by atoms with Crippen LogP contribution in [0.4, 0.5) is 0 Å². The number of carbonyl (C=O) groups excluding carboxylic acids is 1. The highest BCUT2D eigenvalue weighted by Crippen LogP contribution is 2.42. The summed E-state index contributed by atoms with van der Waals surface area (Å²) in [5.74, 6) is 1.25. The van der Waals surface area contributed by atoms with Crippen molar-refractivity contribution in [1.29, 1.82) is 0 Å². The third kappa shape index (κ3) is 4.29. The number of fused-ring (bicyclic) bond motifs is 1. The average Bonchev–Trinajstić information content (AvgIpc) is 3.12. The number of aromatic nitrogens is 1. The Hall–Kier alpha value is -3.09. The molecule has 0 amide bonds. The van der Waals surface area contributed by atoms with Crippen LogP contribution in [0.3, 0.4) is 0 Å². The van der Waals surface area contributed by atoms with Gasteiger partial charge in [-0.05, 0) is 60.4 Å². The molecule has 5 nitrogen and oxygen atoms in total. The molecular formula is C26H25BrN2O3. The van der Waals surface area contributed by atoms with Gasteiger partial charge in [0.05, 0.1) is 23.9 Å². The number of nitrogens with zero attached hydrogens (tertiary/aromatic N) is 2. The molecule has 0 saturated carbocycles. The first-order valence-corrected chi connectivity index (χ1v) is 11.1. The van der Waals surface area contributed by atoms with Crippen molar-refractivity contribution < 1.29 is 14.3 Å². The quantitative estimate of drug-likeness (QED) is 0.331. The third-order valence-corrected chi connectivity index (χ3v) is 5.96. The standard InChI is InChI=1S/C26H25BrN2O3/c1-28(2)15-16-32-25-21-17-19(31-3)13-14-23(21)29(24(25)18-9-5-4-6-10-18)26(30)20-11-7-8-12-22(20)27/h4-14,17H,15-16H2,1-3H3. The number of benzene rings is 3. The molecule has 1 heterocycles. The lowest BCUT2D eigenvalue weighted by Crippen LogP contribution is -2.19. The van der Waals surface area contributed by atoms with Gasteiger partial charge in [0.25, 0.3) is 5.91 Å². The fourth-order valence-electron chi connectivity index (χ4n) is 3.67. The first-order chi connectivity index (χ1) is 15.5. The fraction of sp³-hybridized carbons (Fsp3) is 0.192. The molecule has 6 heteroatoms. The van der Waals surface area contributed by atoms with E-state index in [0.29, 0.717) is 23.7 Å². The van der Waals surface area contributed by atoms with Gasteiger partial charge in [-0.25, -0.2) is 0 Å². The first-order valence-electron chi connectivity index (χ1n) is 10.4. The van der Waals surface area contributed by atoms with E-state index >= 15 is 0 Å². The summed E-state index contributed by atoms with van der Waals surface area (Å²) in [6.45, 7) is 1.25. The summed E-state index contributed by atoms with van der Waals surface area (Å²) in [5.41, 5.74) is 2.98. The molecule has 0 fully saturated rings. The van der Waals surface area contributed by atoms with Crippen molar-refractivity contribution >= 4 is 32.7 Å². The van der Waals surface area contributed by atoms with E-state index in [9.17, 15) is 4.79 Å². The molecule has 3 aromatic carbocycles. The smallest absolute Gasteiger partial charge is 0.264 e. The Morgan fingerprint density at radius 2 is 1.72 bits per heavy atom. The number of carbonyl (C=O) groups is 1. The van der Waals surface area contributed by atoms with Crippen molar-refractivity contribution in [1.82, 2.24) is 9.47 Å². The van der Waals surface area contributed by atoms with Crippen molar-refractivity contribution in [3.05, 3.63) is 82.8 Å². The summed E-state index contributed by atoms with van der Waals surface area (Å²) in [4.78, 5) is 15.9. The Morgan fingerprint density at radius 1 is 1.00 bits per heavy atom. The van der Waals surface area contributed by atoms with Gasteiger partial charge in [0.15, 0.2) is 5.75 Å². The average molecular weight is 493 g/mol. The van der Waals surface area contributed by atoms with Crippen molar-refractivity contribution in [2.75, 3.05) is 34.4 Å². The fourth-order valence-corrected chi connectivity index (χ4v) is 4.12. The Morgan fingerprint density at radius 3 is 2.41 bits per heavy atom. The van der Waals surface area contributed by atoms with Gasteiger partial charge in [-0.2, -0.15) is 0 Å². The number of hydrogen-bond donors (Lipinski definition) is 0. The van der Waals surface area contributed by atoms with Crippen LogP contribution in [0.2, 0.25) is 0 Å². The van der Waals surface area contributed by atoms with Crippen LogP contribution in [0.5, 0.6) is 11.5 Å². The Balaban J connectivity index is 2.01. The normalized spacial score (nSPS) is 11.2. The highest BCUT2D eigenvalue weighted by molar-refractivity contribution is 9.10. The van der Waals surface area contributed by atoms with Crippen molar-refractivity contribution in [2.45, 2.75) is 0 Å². The minimum absolute atomic E-state index is 0.131. The second-order valence-electron chi connectivity index (χ2n) is 7.70. The summed E-state index contributed by atoms with van der Waals surface area (Å²) >= 11 is 3.54. The van der Waals surface area contributed by atoms with Gasteiger partial charge < -0.3 is 14.4 Å². The van der Waals surface area contributed by atoms with Gasteiger partial charge in [-0.15, -0.1) is 0 Å². The lowest BCUT2D eigenvalue weighted by Gasteiger charge is -2.14. The van der Waals surface area contributed by atoms with E-state index in [-0.39, 0.29) is 5.91 Å². The topological polar surface area (TPSA) is 43.7 Å². The van der Waals surface area contributed by atoms with E-state index in [0.717, 1.165) is 33.2 Å². The molecule has 32 heavy (non-hydrogen) atoms. The second kappa shape index (κ2) is 9.59. The summed E-state index contributed by atoms with van der Waals surface area (Å²) in [6, 6.07) is 23.0. The zero-order chi connectivity index (χ0) is 22.7. The maximum Gasteiger partial charge on any atom is 0.264 e. The van der Waals surface area contributed by atoms with Crippen molar-refractivity contribution in [3.63, 3.8) is 0 Å². The van der Waals surface area contributed by atoms with Crippen molar-refractivity contribution in [2.24, 2.45) is 0 Å². The van der Waals surface area contributed by atoms with E-state index < -0.39 is 0 Å². The molecule has 1 aromatic heterocycles. The lowest BCUT2D eigenvalue weighted by atomic mass is 10.1. The highest BCUT2D eigenvalue weighted by Gasteiger charge is 2.26. The maximum atomic E-state index is 13.9. The number of methoxy groups -OCH3 is 1. The van der Waals surface area contributed by atoms with Gasteiger partial charge in [-0.3, -0.25) is 9.36 Å². The zero-order valence-electron chi connectivity index (χ0n) is 18.3. The van der Waals surface area contributed by atoms with Crippen LogP contribution in [0, 0.1) is 0 Å². The van der Waals surface area contributed by atoms with Gasteiger partial charge in [0, 0.05) is 22.0 Å². The van der Waals surface area contributed by atoms with E-state index in [1.165, 1.54) is 0 Å². The van der Waals surface area contributed by atoms with Crippen molar-refractivity contribution in [3.8, 4) is 22.8 Å². The molecule has 164 valence electrons. The highest BCUT2D eigenvalue weighted by atomic mass is 79.9. The van der Waals surface area contributed by atoms with E-state index in [1.807, 2.05) is 86.9 Å². The molecule has 0 aliphatic carbocycles. The molecule has 0 aliphatic heterocycles. The summed E-state index contributed by atoms with van der Waals surface area (Å²) in [7, 11) is 5.64. The van der Waals surface area contributed by atoms with E-state index in [1.54, 1.807) is 11.7 Å². The van der Waals surface area contributed by atoms with Gasteiger partial charge >= 0.3 is 0 Å². The molecule has 4 rings (SSSR count). The molecular weight excluding hydrogens is 468 g/mol. The van der Waals surface area contributed by atoms with Gasteiger partial charge in [0.2, 0.25) is 0 Å². The van der Waals surface area contributed by atoms with Crippen LogP contribution in [0.1, 0.15) is 10.4 Å². The van der Waals surface area contributed by atoms with Crippen LogP contribution in [0.25, 0.3) is 22.2 Å². The Bertz CT molecular complexity index is 1250. The Labute approximate surface area is 196 Å². The molecule has 0 radical (unpaired) electrons. The molecule has 0 aliphatic rings. The monoisotopic (exact) mass is 492 g/mol. The number of rotatable bonds is 7. The largest absolute Gasteiger partial charge is 0.497 e. The first kappa shape index (κ1) is 22.1.